The van der Waals surface area contributed by atoms with E-state index in [2.05, 4.69) is 0 Å². The van der Waals surface area contributed by atoms with Crippen molar-refractivity contribution < 1.29 is 9.53 Å². The first-order valence-corrected chi connectivity index (χ1v) is 4.49. The molecule has 1 aliphatic carbocycles. The number of ketones is 1. The summed E-state index contributed by atoms with van der Waals surface area (Å²) in [7, 11) is 0. The van der Waals surface area contributed by atoms with E-state index in [1.54, 1.807) is 6.92 Å². The second-order valence-corrected chi connectivity index (χ2v) is 3.42. The summed E-state index contributed by atoms with van der Waals surface area (Å²) in [4.78, 5) is 10.9. The largest absolute Gasteiger partial charge is 0.490 e. The standard InChI is InChI=1S/C11H12O2/c1-8(12)10-7-11(10)13-9-5-3-2-4-6-9/h2-6,10-11H,7H2,1H3. The summed E-state index contributed by atoms with van der Waals surface area (Å²) in [5, 5.41) is 0. The van der Waals surface area contributed by atoms with E-state index in [0.717, 1.165) is 12.2 Å². The van der Waals surface area contributed by atoms with Crippen LogP contribution in [0.1, 0.15) is 13.3 Å². The van der Waals surface area contributed by atoms with Gasteiger partial charge in [-0.2, -0.15) is 0 Å². The molecule has 1 aromatic carbocycles. The van der Waals surface area contributed by atoms with Crippen molar-refractivity contribution >= 4 is 5.78 Å². The third kappa shape index (κ3) is 1.89. The molecule has 0 amide bonds. The van der Waals surface area contributed by atoms with Crippen LogP contribution in [0.5, 0.6) is 5.75 Å². The number of rotatable bonds is 3. The van der Waals surface area contributed by atoms with Crippen LogP contribution in [-0.4, -0.2) is 11.9 Å². The molecule has 2 atom stereocenters. The monoisotopic (exact) mass is 176 g/mol. The Balaban J connectivity index is 1.92. The van der Waals surface area contributed by atoms with Crippen molar-refractivity contribution in [3.63, 3.8) is 0 Å². The Morgan fingerprint density at radius 3 is 2.62 bits per heavy atom. The van der Waals surface area contributed by atoms with E-state index in [4.69, 9.17) is 4.74 Å². The number of Topliss-reactive ketones (excluding diaryl/α,β-unsaturated/α-hetero) is 1. The molecule has 2 heteroatoms. The number of para-hydroxylation sites is 1. The van der Waals surface area contributed by atoms with Crippen LogP contribution in [0.15, 0.2) is 30.3 Å². The highest BCUT2D eigenvalue weighted by Gasteiger charge is 2.43. The molecule has 0 aliphatic heterocycles. The van der Waals surface area contributed by atoms with Crippen LogP contribution in [0.3, 0.4) is 0 Å². The molecule has 2 rings (SSSR count). The quantitative estimate of drug-likeness (QED) is 0.704. The van der Waals surface area contributed by atoms with Crippen LogP contribution in [-0.2, 0) is 4.79 Å². The molecule has 0 spiro atoms. The molecular weight excluding hydrogens is 164 g/mol. The average Bonchev–Trinajstić information content (AvgIpc) is 2.86. The van der Waals surface area contributed by atoms with Crippen molar-refractivity contribution in [1.82, 2.24) is 0 Å². The number of carbonyl (C=O) groups excluding carboxylic acids is 1. The lowest BCUT2D eigenvalue weighted by Gasteiger charge is -2.03. The van der Waals surface area contributed by atoms with Crippen LogP contribution in [0.4, 0.5) is 0 Å². The molecule has 2 nitrogen and oxygen atoms in total. The van der Waals surface area contributed by atoms with E-state index in [-0.39, 0.29) is 17.8 Å². The lowest BCUT2D eigenvalue weighted by Crippen LogP contribution is -2.05. The molecule has 0 bridgehead atoms. The topological polar surface area (TPSA) is 26.3 Å². The van der Waals surface area contributed by atoms with Gasteiger partial charge in [0.05, 0.1) is 5.92 Å². The van der Waals surface area contributed by atoms with Gasteiger partial charge in [-0.25, -0.2) is 0 Å². The maximum atomic E-state index is 10.9. The van der Waals surface area contributed by atoms with Gasteiger partial charge in [0.2, 0.25) is 0 Å². The second-order valence-electron chi connectivity index (χ2n) is 3.42. The molecule has 1 aromatic rings. The van der Waals surface area contributed by atoms with Gasteiger partial charge in [0.25, 0.3) is 0 Å². The Hall–Kier alpha value is -1.31. The smallest absolute Gasteiger partial charge is 0.136 e. The minimum absolute atomic E-state index is 0.125. The van der Waals surface area contributed by atoms with Crippen LogP contribution in [0.25, 0.3) is 0 Å². The van der Waals surface area contributed by atoms with E-state index >= 15 is 0 Å². The molecule has 1 fully saturated rings. The Kier molecular flexibility index (Phi) is 2.05. The number of ether oxygens (including phenoxy) is 1. The van der Waals surface area contributed by atoms with Crippen molar-refractivity contribution in [3.8, 4) is 5.75 Å². The Morgan fingerprint density at radius 2 is 2.08 bits per heavy atom. The van der Waals surface area contributed by atoms with Gasteiger partial charge >= 0.3 is 0 Å². The van der Waals surface area contributed by atoms with E-state index in [1.165, 1.54) is 0 Å². The summed E-state index contributed by atoms with van der Waals surface area (Å²) < 4.78 is 5.58. The summed E-state index contributed by atoms with van der Waals surface area (Å²) in [5.41, 5.74) is 0. The molecule has 1 aliphatic rings. The maximum Gasteiger partial charge on any atom is 0.136 e. The van der Waals surface area contributed by atoms with Gasteiger partial charge in [-0.3, -0.25) is 4.79 Å². The zero-order chi connectivity index (χ0) is 9.26. The van der Waals surface area contributed by atoms with Gasteiger partial charge in [-0.1, -0.05) is 18.2 Å². The summed E-state index contributed by atoms with van der Waals surface area (Å²) in [6, 6.07) is 9.63. The summed E-state index contributed by atoms with van der Waals surface area (Å²) in [5.74, 6) is 1.23. The third-order valence-corrected chi connectivity index (χ3v) is 2.28. The van der Waals surface area contributed by atoms with Crippen molar-refractivity contribution in [2.24, 2.45) is 5.92 Å². The van der Waals surface area contributed by atoms with Gasteiger partial charge in [-0.05, 0) is 25.5 Å². The first-order valence-electron chi connectivity index (χ1n) is 4.49. The Labute approximate surface area is 77.5 Å². The zero-order valence-corrected chi connectivity index (χ0v) is 7.57. The predicted molar refractivity (Wildman–Crippen MR) is 49.6 cm³/mol. The van der Waals surface area contributed by atoms with E-state index in [9.17, 15) is 4.79 Å². The molecule has 0 N–H and O–H groups in total. The van der Waals surface area contributed by atoms with Gasteiger partial charge < -0.3 is 4.74 Å². The molecular formula is C11H12O2. The van der Waals surface area contributed by atoms with Gasteiger partial charge in [0.15, 0.2) is 0 Å². The number of hydrogen-bond acceptors (Lipinski definition) is 2. The molecule has 13 heavy (non-hydrogen) atoms. The molecule has 1 saturated carbocycles. The van der Waals surface area contributed by atoms with E-state index in [1.807, 2.05) is 30.3 Å². The van der Waals surface area contributed by atoms with Crippen molar-refractivity contribution in [3.05, 3.63) is 30.3 Å². The molecule has 68 valence electrons. The fraction of sp³-hybridized carbons (Fsp3) is 0.364. The minimum atomic E-state index is 0.125. The fourth-order valence-electron chi connectivity index (χ4n) is 1.40. The van der Waals surface area contributed by atoms with E-state index in [0.29, 0.717) is 0 Å². The maximum absolute atomic E-state index is 10.9. The Morgan fingerprint density at radius 1 is 1.38 bits per heavy atom. The molecule has 0 radical (unpaired) electrons. The highest BCUT2D eigenvalue weighted by atomic mass is 16.5. The highest BCUT2D eigenvalue weighted by molar-refractivity contribution is 5.81. The minimum Gasteiger partial charge on any atom is -0.490 e. The summed E-state index contributed by atoms with van der Waals surface area (Å²) >= 11 is 0. The molecule has 0 heterocycles. The van der Waals surface area contributed by atoms with Crippen LogP contribution in [0.2, 0.25) is 0 Å². The normalized spacial score (nSPS) is 25.3. The van der Waals surface area contributed by atoms with Crippen LogP contribution < -0.4 is 4.74 Å². The summed E-state index contributed by atoms with van der Waals surface area (Å²) in [6.45, 7) is 1.62. The third-order valence-electron chi connectivity index (χ3n) is 2.28. The first-order chi connectivity index (χ1) is 6.27. The SMILES string of the molecule is CC(=O)C1CC1Oc1ccccc1. The predicted octanol–water partition coefficient (Wildman–Crippen LogP) is 2.04. The van der Waals surface area contributed by atoms with Crippen LogP contribution >= 0.6 is 0 Å². The van der Waals surface area contributed by atoms with Crippen molar-refractivity contribution in [2.45, 2.75) is 19.4 Å². The number of carbonyl (C=O) groups is 1. The van der Waals surface area contributed by atoms with E-state index < -0.39 is 0 Å². The number of hydrogen-bond donors (Lipinski definition) is 0. The van der Waals surface area contributed by atoms with Crippen LogP contribution in [0, 0.1) is 5.92 Å². The molecule has 2 unspecified atom stereocenters. The van der Waals surface area contributed by atoms with Crippen molar-refractivity contribution in [2.75, 3.05) is 0 Å². The van der Waals surface area contributed by atoms with Gasteiger partial charge in [-0.15, -0.1) is 0 Å². The first kappa shape index (κ1) is 8.30. The Bertz CT molecular complexity index is 305. The van der Waals surface area contributed by atoms with Gasteiger partial charge in [0.1, 0.15) is 17.6 Å². The zero-order valence-electron chi connectivity index (χ0n) is 7.57. The average molecular weight is 176 g/mol. The molecule has 0 saturated heterocycles. The highest BCUT2D eigenvalue weighted by Crippen LogP contribution is 2.35. The fourth-order valence-corrected chi connectivity index (χ4v) is 1.40. The number of benzene rings is 1. The molecule has 0 aromatic heterocycles. The lowest BCUT2D eigenvalue weighted by molar-refractivity contribution is -0.118. The lowest BCUT2D eigenvalue weighted by atomic mass is 10.3. The van der Waals surface area contributed by atoms with Crippen molar-refractivity contribution in [1.29, 1.82) is 0 Å². The second kappa shape index (κ2) is 3.21. The van der Waals surface area contributed by atoms with Gasteiger partial charge in [0, 0.05) is 0 Å². The summed E-state index contributed by atoms with van der Waals surface area (Å²) in [6.07, 6.45) is 1.00.